The molecule has 294 valence electrons. The number of imidazole rings is 1. The quantitative estimate of drug-likeness (QED) is 0.0553. The van der Waals surface area contributed by atoms with E-state index in [-0.39, 0.29) is 41.6 Å². The molecule has 0 saturated carbocycles. The van der Waals surface area contributed by atoms with E-state index in [0.717, 1.165) is 29.0 Å². The molecule has 3 rings (SSSR count). The Morgan fingerprint density at radius 1 is 1.12 bits per heavy atom. The van der Waals surface area contributed by atoms with Crippen molar-refractivity contribution >= 4 is 69.1 Å². The lowest BCUT2D eigenvalue weighted by atomic mass is 9.87. The minimum atomic E-state index is -5.57. The first kappa shape index (κ1) is 44.0. The molecule has 24 nitrogen and oxygen atoms in total. The van der Waals surface area contributed by atoms with Gasteiger partial charge in [0.1, 0.15) is 36.3 Å². The summed E-state index contributed by atoms with van der Waals surface area (Å²) in [7, 11) is -16.6. The summed E-state index contributed by atoms with van der Waals surface area (Å²) >= 11 is 1.07. The molecule has 28 heteroatoms. The summed E-state index contributed by atoms with van der Waals surface area (Å²) in [5.41, 5.74) is 4.22. The molecule has 0 radical (unpaired) electrons. The molecular weight excluding hydrogens is 783 g/mol. The van der Waals surface area contributed by atoms with Crippen LogP contribution in [0.3, 0.4) is 0 Å². The number of anilines is 1. The summed E-state index contributed by atoms with van der Waals surface area (Å²) in [6, 6.07) is 0. The maximum Gasteiger partial charge on any atom is 0.481 e. The fraction of sp³-hybridized carbons (Fsp3) is 0.667. The molecule has 1 saturated heterocycles. The van der Waals surface area contributed by atoms with E-state index < -0.39 is 84.6 Å². The third kappa shape index (κ3) is 12.9. The van der Waals surface area contributed by atoms with Gasteiger partial charge in [0.15, 0.2) is 22.8 Å². The molecule has 1 fully saturated rings. The fourth-order valence-corrected chi connectivity index (χ4v) is 7.85. The third-order valence-electron chi connectivity index (χ3n) is 7.05. The van der Waals surface area contributed by atoms with Crippen LogP contribution in [0.2, 0.25) is 0 Å². The van der Waals surface area contributed by atoms with Crippen LogP contribution in [0.5, 0.6) is 0 Å². The summed E-state index contributed by atoms with van der Waals surface area (Å²) in [4.78, 5) is 88.4. The molecule has 9 N–H and O–H groups in total. The van der Waals surface area contributed by atoms with Gasteiger partial charge in [-0.05, 0) is 0 Å². The van der Waals surface area contributed by atoms with Crippen molar-refractivity contribution in [1.29, 1.82) is 0 Å². The zero-order valence-corrected chi connectivity index (χ0v) is 31.2. The number of nitrogens with zero attached hydrogens (tertiary/aromatic N) is 4. The predicted molar refractivity (Wildman–Crippen MR) is 175 cm³/mol. The van der Waals surface area contributed by atoms with E-state index >= 15 is 0 Å². The highest BCUT2D eigenvalue weighted by Gasteiger charge is 2.49. The number of phosphoric ester groups is 3. The largest absolute Gasteiger partial charge is 0.756 e. The van der Waals surface area contributed by atoms with E-state index in [2.05, 4.69) is 34.4 Å². The normalized spacial score (nSPS) is 23.3. The minimum Gasteiger partial charge on any atom is -0.756 e. The third-order valence-corrected chi connectivity index (χ3v) is 11.2. The Labute approximate surface area is 299 Å². The van der Waals surface area contributed by atoms with Crippen LogP contribution < -0.4 is 21.3 Å². The zero-order valence-electron chi connectivity index (χ0n) is 27.7. The van der Waals surface area contributed by atoms with Gasteiger partial charge in [0.2, 0.25) is 11.8 Å². The van der Waals surface area contributed by atoms with Gasteiger partial charge in [-0.25, -0.2) is 24.1 Å². The molecule has 0 aromatic carbocycles. The number of amides is 2. The van der Waals surface area contributed by atoms with Gasteiger partial charge >= 0.3 is 15.6 Å². The first-order valence-corrected chi connectivity index (χ1v) is 20.6. The van der Waals surface area contributed by atoms with Gasteiger partial charge in [0.05, 0.1) is 19.5 Å². The topological polar surface area (TPSA) is 366 Å². The number of carbonyl (C=O) groups excluding carboxylic acids is 3. The monoisotopic (exact) mass is 822 g/mol. The number of hydrogen-bond donors (Lipinski definition) is 8. The first-order valence-electron chi connectivity index (χ1n) is 15.1. The van der Waals surface area contributed by atoms with Gasteiger partial charge in [0.25, 0.3) is 7.82 Å². The maximum atomic E-state index is 12.6. The van der Waals surface area contributed by atoms with Crippen LogP contribution in [0.25, 0.3) is 11.2 Å². The molecule has 2 aromatic heterocycles. The van der Waals surface area contributed by atoms with E-state index in [1.165, 1.54) is 13.8 Å². The number of aromatic nitrogens is 4. The highest BCUT2D eigenvalue weighted by molar-refractivity contribution is 8.13. The molecule has 0 aliphatic carbocycles. The van der Waals surface area contributed by atoms with Crippen molar-refractivity contribution < 1.29 is 80.5 Å². The molecule has 0 spiro atoms. The van der Waals surface area contributed by atoms with Crippen LogP contribution >= 0.6 is 35.2 Å². The van der Waals surface area contributed by atoms with Crippen molar-refractivity contribution in [2.45, 2.75) is 64.3 Å². The number of nitrogens with one attached hydrogen (secondary N) is 2. The van der Waals surface area contributed by atoms with Gasteiger partial charge in [-0.2, -0.15) is 4.31 Å². The molecule has 0 bridgehead atoms. The van der Waals surface area contributed by atoms with Crippen molar-refractivity contribution in [2.24, 2.45) is 5.41 Å². The lowest BCUT2D eigenvalue weighted by molar-refractivity contribution is -0.228. The Balaban J connectivity index is 1.54. The highest BCUT2D eigenvalue weighted by atomic mass is 32.2. The van der Waals surface area contributed by atoms with Crippen molar-refractivity contribution in [3.05, 3.63) is 12.7 Å². The summed E-state index contributed by atoms with van der Waals surface area (Å²) < 4.78 is 61.6. The lowest BCUT2D eigenvalue weighted by Crippen LogP contribution is -2.46. The predicted octanol–water partition coefficient (Wildman–Crippen LogP) is -1.56. The van der Waals surface area contributed by atoms with E-state index in [4.69, 9.17) is 19.5 Å². The van der Waals surface area contributed by atoms with E-state index in [9.17, 15) is 57.9 Å². The van der Waals surface area contributed by atoms with Crippen molar-refractivity contribution in [2.75, 3.05) is 37.8 Å². The second-order valence-corrected chi connectivity index (χ2v) is 17.0. The number of ether oxygens (including phenoxy) is 1. The summed E-state index contributed by atoms with van der Waals surface area (Å²) in [6.07, 6.45) is -6.72. The number of fused-ring (bicyclic) bond motifs is 1. The van der Waals surface area contributed by atoms with Crippen LogP contribution in [0.4, 0.5) is 5.82 Å². The standard InChI is InChI=1S/C24H40N7O17P3S/c1-4-15(33)52-8-7-26-14(32)5-6-27-22(36)19(35)24(2,3)10-45-51(42,43)48-50(40,41)44-9-13-18(47-49(37,38)39)17(34)23(46-13)31-12-30-16-20(25)28-11-29-21(16)31/h11-13,17-19,23,34-35H,4-10H2,1-3H3,(H,26,32)(H,27,36)(H,40,41)(H,42,43)(H2,25,28,29)(H2,37,38,39)/p-1/t13-,17-,18-,19?,23-/m1/s1. The number of aliphatic hydroxyl groups is 2. The zero-order chi connectivity index (χ0) is 39.1. The first-order chi connectivity index (χ1) is 24.1. The van der Waals surface area contributed by atoms with Crippen LogP contribution in [-0.4, -0.2) is 118 Å². The van der Waals surface area contributed by atoms with E-state index in [1.807, 2.05) is 0 Å². The van der Waals surface area contributed by atoms with Gasteiger partial charge in [-0.3, -0.25) is 32.6 Å². The molecular formula is C24H39N7O17P3S-. The molecule has 4 unspecified atom stereocenters. The average Bonchev–Trinajstić information content (AvgIpc) is 3.60. The number of phosphoric acid groups is 3. The van der Waals surface area contributed by atoms with E-state index in [0.29, 0.717) is 12.2 Å². The number of rotatable bonds is 20. The van der Waals surface area contributed by atoms with Crippen LogP contribution in [0.15, 0.2) is 12.7 Å². The number of nitrogen functional groups attached to an aromatic ring is 1. The Hall–Kier alpha value is -2.44. The second-order valence-electron chi connectivity index (χ2n) is 11.6. The van der Waals surface area contributed by atoms with E-state index in [1.54, 1.807) is 6.92 Å². The minimum absolute atomic E-state index is 0.0157. The number of hydrogen-bond acceptors (Lipinski definition) is 19. The van der Waals surface area contributed by atoms with Crippen molar-refractivity contribution in [3.8, 4) is 0 Å². The summed E-state index contributed by atoms with van der Waals surface area (Å²) in [6.45, 7) is 2.19. The SMILES string of the molecule is CCC(=O)SCCNC(=O)CCNC(=O)C(O)C(C)(C)COP(=O)(O)OP(=O)(O)OC[C@H]1O[C@@H](n2cnc3c(N)ncnc32)[C@H](O)[C@@H]1OP(=O)([O-])O. The van der Waals surface area contributed by atoms with Gasteiger partial charge < -0.3 is 55.4 Å². The molecule has 1 aliphatic heterocycles. The van der Waals surface area contributed by atoms with Crippen LogP contribution in [-0.2, 0) is 50.7 Å². The van der Waals surface area contributed by atoms with Crippen LogP contribution in [0.1, 0.15) is 39.8 Å². The summed E-state index contributed by atoms with van der Waals surface area (Å²) in [5, 5.41) is 26.2. The lowest BCUT2D eigenvalue weighted by Gasteiger charge is -2.30. The molecule has 3 heterocycles. The van der Waals surface area contributed by atoms with Crippen molar-refractivity contribution in [1.82, 2.24) is 30.2 Å². The summed E-state index contributed by atoms with van der Waals surface area (Å²) in [5.74, 6) is -1.09. The van der Waals surface area contributed by atoms with Gasteiger partial charge in [-0.15, -0.1) is 0 Å². The molecule has 2 aromatic rings. The maximum absolute atomic E-state index is 12.6. The Bertz CT molecular complexity index is 1730. The fourth-order valence-electron chi connectivity index (χ4n) is 4.39. The van der Waals surface area contributed by atoms with Crippen molar-refractivity contribution in [3.63, 3.8) is 0 Å². The highest BCUT2D eigenvalue weighted by Crippen LogP contribution is 2.61. The van der Waals surface area contributed by atoms with Gasteiger partial charge in [0, 0.05) is 37.1 Å². The number of thioether (sulfide) groups is 1. The number of aliphatic hydroxyl groups excluding tert-OH is 2. The molecule has 8 atom stereocenters. The Kier molecular flexibility index (Phi) is 15.4. The van der Waals surface area contributed by atoms with Gasteiger partial charge in [-0.1, -0.05) is 32.5 Å². The Morgan fingerprint density at radius 3 is 2.44 bits per heavy atom. The smallest absolute Gasteiger partial charge is 0.481 e. The molecule has 2 amide bonds. The average molecular weight is 823 g/mol. The number of carbonyl (C=O) groups is 3. The number of nitrogens with two attached hydrogens (primary N) is 1. The Morgan fingerprint density at radius 2 is 1.79 bits per heavy atom. The molecule has 52 heavy (non-hydrogen) atoms. The second kappa shape index (κ2) is 18.3. The molecule has 1 aliphatic rings. The van der Waals surface area contributed by atoms with Crippen LogP contribution in [0, 0.1) is 5.41 Å².